The molecule has 0 radical (unpaired) electrons. The Balaban J connectivity index is 1.70. The number of methoxy groups -OCH3 is 1. The van der Waals surface area contributed by atoms with Crippen LogP contribution in [0.25, 0.3) is 0 Å². The van der Waals surface area contributed by atoms with Crippen molar-refractivity contribution in [3.63, 3.8) is 0 Å². The van der Waals surface area contributed by atoms with Crippen LogP contribution in [0.5, 0.6) is 0 Å². The molecule has 3 rings (SSSR count). The third kappa shape index (κ3) is 3.66. The van der Waals surface area contributed by atoms with Gasteiger partial charge < -0.3 is 10.1 Å². The SMILES string of the molecule is COC(=O)C1CCCCC1CNC(=O)c1ccc2c(c1)C(=O)N(C(C)C)C2=O. The quantitative estimate of drug-likeness (QED) is 0.620. The second kappa shape index (κ2) is 8.12. The molecule has 2 atom stereocenters. The first-order chi connectivity index (χ1) is 13.3. The van der Waals surface area contributed by atoms with E-state index in [1.807, 2.05) is 0 Å². The van der Waals surface area contributed by atoms with Gasteiger partial charge in [-0.1, -0.05) is 12.8 Å². The van der Waals surface area contributed by atoms with Gasteiger partial charge in [-0.2, -0.15) is 0 Å². The van der Waals surface area contributed by atoms with Crippen molar-refractivity contribution in [1.29, 1.82) is 0 Å². The second-order valence-corrected chi connectivity index (χ2v) is 7.72. The Morgan fingerprint density at radius 3 is 2.50 bits per heavy atom. The lowest BCUT2D eigenvalue weighted by Gasteiger charge is -2.29. The number of rotatable bonds is 5. The molecule has 28 heavy (non-hydrogen) atoms. The topological polar surface area (TPSA) is 92.8 Å². The van der Waals surface area contributed by atoms with Gasteiger partial charge in [0.1, 0.15) is 0 Å². The van der Waals surface area contributed by atoms with E-state index >= 15 is 0 Å². The number of carbonyl (C=O) groups is 4. The van der Waals surface area contributed by atoms with Crippen LogP contribution in [-0.2, 0) is 9.53 Å². The number of fused-ring (bicyclic) bond motifs is 1. The molecule has 3 amide bonds. The molecule has 0 spiro atoms. The summed E-state index contributed by atoms with van der Waals surface area (Å²) in [6, 6.07) is 4.32. The van der Waals surface area contributed by atoms with E-state index in [1.165, 1.54) is 24.1 Å². The standard InChI is InChI=1S/C21H26N2O5/c1-12(2)23-19(25)16-9-8-13(10-17(16)20(23)26)18(24)22-11-14-6-4-5-7-15(14)21(27)28-3/h8-10,12,14-15H,4-7,11H2,1-3H3,(H,22,24). The number of carbonyl (C=O) groups excluding carboxylic acids is 4. The number of esters is 1. The Hall–Kier alpha value is -2.70. The maximum absolute atomic E-state index is 12.6. The number of benzene rings is 1. The fourth-order valence-corrected chi connectivity index (χ4v) is 4.11. The van der Waals surface area contributed by atoms with Gasteiger partial charge in [0.2, 0.25) is 0 Å². The molecule has 1 heterocycles. The van der Waals surface area contributed by atoms with Crippen LogP contribution in [0.4, 0.5) is 0 Å². The van der Waals surface area contributed by atoms with Gasteiger partial charge in [-0.05, 0) is 50.8 Å². The van der Waals surface area contributed by atoms with Crippen LogP contribution in [0, 0.1) is 11.8 Å². The average Bonchev–Trinajstić information content (AvgIpc) is 2.95. The van der Waals surface area contributed by atoms with Crippen molar-refractivity contribution >= 4 is 23.7 Å². The lowest BCUT2D eigenvalue weighted by atomic mass is 9.79. The Morgan fingerprint density at radius 2 is 1.82 bits per heavy atom. The molecule has 1 aliphatic carbocycles. The van der Waals surface area contributed by atoms with Gasteiger partial charge in [0, 0.05) is 18.2 Å². The molecule has 7 heteroatoms. The minimum Gasteiger partial charge on any atom is -0.469 e. The van der Waals surface area contributed by atoms with Crippen LogP contribution in [-0.4, -0.2) is 48.3 Å². The van der Waals surface area contributed by atoms with Crippen molar-refractivity contribution in [1.82, 2.24) is 10.2 Å². The fourth-order valence-electron chi connectivity index (χ4n) is 4.11. The summed E-state index contributed by atoms with van der Waals surface area (Å²) in [7, 11) is 1.38. The summed E-state index contributed by atoms with van der Waals surface area (Å²) < 4.78 is 4.89. The first kappa shape index (κ1) is 20.0. The normalized spacial score (nSPS) is 21.6. The number of hydrogen-bond donors (Lipinski definition) is 1. The van der Waals surface area contributed by atoms with Gasteiger partial charge in [-0.3, -0.25) is 24.1 Å². The average molecular weight is 386 g/mol. The zero-order valence-corrected chi connectivity index (χ0v) is 16.5. The molecule has 1 N–H and O–H groups in total. The van der Waals surface area contributed by atoms with E-state index in [4.69, 9.17) is 4.74 Å². The second-order valence-electron chi connectivity index (χ2n) is 7.72. The van der Waals surface area contributed by atoms with Crippen LogP contribution < -0.4 is 5.32 Å². The summed E-state index contributed by atoms with van der Waals surface area (Å²) in [6.07, 6.45) is 3.64. The molecule has 2 unspecified atom stereocenters. The highest BCUT2D eigenvalue weighted by Gasteiger charge is 2.37. The third-order valence-electron chi connectivity index (χ3n) is 5.63. The summed E-state index contributed by atoms with van der Waals surface area (Å²) in [5, 5.41) is 2.87. The maximum atomic E-state index is 12.6. The number of amides is 3. The van der Waals surface area contributed by atoms with Crippen molar-refractivity contribution < 1.29 is 23.9 Å². The van der Waals surface area contributed by atoms with Gasteiger partial charge in [-0.25, -0.2) is 0 Å². The molecule has 0 bridgehead atoms. The van der Waals surface area contributed by atoms with E-state index in [-0.39, 0.29) is 47.1 Å². The molecule has 1 aromatic carbocycles. The molecule has 2 aliphatic rings. The molecule has 1 aliphatic heterocycles. The van der Waals surface area contributed by atoms with Gasteiger partial charge in [0.15, 0.2) is 0 Å². The molecular formula is C21H26N2O5. The van der Waals surface area contributed by atoms with Crippen molar-refractivity contribution in [2.45, 2.75) is 45.6 Å². The Kier molecular flexibility index (Phi) is 5.82. The smallest absolute Gasteiger partial charge is 0.309 e. The molecule has 150 valence electrons. The number of nitrogens with zero attached hydrogens (tertiary/aromatic N) is 1. The highest BCUT2D eigenvalue weighted by atomic mass is 16.5. The largest absolute Gasteiger partial charge is 0.469 e. The highest BCUT2D eigenvalue weighted by Crippen LogP contribution is 2.31. The summed E-state index contributed by atoms with van der Waals surface area (Å²) in [5.74, 6) is -1.40. The molecule has 1 aromatic rings. The van der Waals surface area contributed by atoms with Crippen molar-refractivity contribution in [3.05, 3.63) is 34.9 Å². The molecular weight excluding hydrogens is 360 g/mol. The molecule has 1 saturated carbocycles. The summed E-state index contributed by atoms with van der Waals surface area (Å²) in [4.78, 5) is 50.6. The summed E-state index contributed by atoms with van der Waals surface area (Å²) in [5.41, 5.74) is 0.917. The highest BCUT2D eigenvalue weighted by molar-refractivity contribution is 6.22. The summed E-state index contributed by atoms with van der Waals surface area (Å²) >= 11 is 0. The van der Waals surface area contributed by atoms with Gasteiger partial charge >= 0.3 is 5.97 Å². The number of imide groups is 1. The van der Waals surface area contributed by atoms with E-state index in [0.29, 0.717) is 17.7 Å². The van der Waals surface area contributed by atoms with E-state index < -0.39 is 0 Å². The van der Waals surface area contributed by atoms with Crippen LogP contribution in [0.2, 0.25) is 0 Å². The van der Waals surface area contributed by atoms with Crippen LogP contribution >= 0.6 is 0 Å². The number of ether oxygens (including phenoxy) is 1. The van der Waals surface area contributed by atoms with Gasteiger partial charge in [0.25, 0.3) is 17.7 Å². The van der Waals surface area contributed by atoms with Crippen molar-refractivity contribution in [2.75, 3.05) is 13.7 Å². The van der Waals surface area contributed by atoms with Gasteiger partial charge in [-0.15, -0.1) is 0 Å². The monoisotopic (exact) mass is 386 g/mol. The molecule has 0 saturated heterocycles. The van der Waals surface area contributed by atoms with E-state index in [2.05, 4.69) is 5.32 Å². The van der Waals surface area contributed by atoms with E-state index in [0.717, 1.165) is 25.7 Å². The van der Waals surface area contributed by atoms with Crippen molar-refractivity contribution in [2.24, 2.45) is 11.8 Å². The maximum Gasteiger partial charge on any atom is 0.309 e. The Bertz CT molecular complexity index is 817. The summed E-state index contributed by atoms with van der Waals surface area (Å²) in [6.45, 7) is 3.93. The predicted molar refractivity (Wildman–Crippen MR) is 102 cm³/mol. The molecule has 7 nitrogen and oxygen atoms in total. The zero-order valence-electron chi connectivity index (χ0n) is 16.5. The molecule has 1 fully saturated rings. The third-order valence-corrected chi connectivity index (χ3v) is 5.63. The van der Waals surface area contributed by atoms with Crippen LogP contribution in [0.3, 0.4) is 0 Å². The molecule has 0 aromatic heterocycles. The fraction of sp³-hybridized carbons (Fsp3) is 0.524. The zero-order chi connectivity index (χ0) is 20.4. The number of hydrogen-bond acceptors (Lipinski definition) is 5. The first-order valence-corrected chi connectivity index (χ1v) is 9.73. The first-order valence-electron chi connectivity index (χ1n) is 9.73. The van der Waals surface area contributed by atoms with Crippen molar-refractivity contribution in [3.8, 4) is 0 Å². The minimum absolute atomic E-state index is 0.0409. The van der Waals surface area contributed by atoms with E-state index in [9.17, 15) is 19.2 Å². The lowest BCUT2D eigenvalue weighted by Crippen LogP contribution is -2.37. The van der Waals surface area contributed by atoms with Gasteiger partial charge in [0.05, 0.1) is 24.2 Å². The lowest BCUT2D eigenvalue weighted by molar-refractivity contribution is -0.148. The predicted octanol–water partition coefficient (Wildman–Crippen LogP) is 2.40. The Labute approximate surface area is 164 Å². The minimum atomic E-state index is -0.373. The number of nitrogens with one attached hydrogen (secondary N) is 1. The van der Waals surface area contributed by atoms with Crippen LogP contribution in [0.15, 0.2) is 18.2 Å². The Morgan fingerprint density at radius 1 is 1.14 bits per heavy atom. The van der Waals surface area contributed by atoms with Crippen LogP contribution in [0.1, 0.15) is 70.6 Å². The van der Waals surface area contributed by atoms with E-state index in [1.54, 1.807) is 19.9 Å².